The van der Waals surface area contributed by atoms with Crippen LogP contribution >= 0.6 is 0 Å². The SMILES string of the molecule is COC(=O)CN(C(=O)Cc1cccc([N+](=O)[O-])c1)[C@H](CN1CC[C@H](O)C1)c1ccccc1. The third-order valence-corrected chi connectivity index (χ3v) is 5.56. The summed E-state index contributed by atoms with van der Waals surface area (Å²) in [7, 11) is 1.26. The molecule has 170 valence electrons. The zero-order chi connectivity index (χ0) is 23.1. The third kappa shape index (κ3) is 6.12. The zero-order valence-corrected chi connectivity index (χ0v) is 17.9. The fourth-order valence-corrected chi connectivity index (χ4v) is 3.91. The molecule has 0 radical (unpaired) electrons. The number of methoxy groups -OCH3 is 1. The van der Waals surface area contributed by atoms with Crippen LogP contribution in [0.4, 0.5) is 5.69 Å². The Morgan fingerprint density at radius 3 is 2.62 bits per heavy atom. The Balaban J connectivity index is 1.90. The molecule has 1 fully saturated rings. The summed E-state index contributed by atoms with van der Waals surface area (Å²) in [6.07, 6.45) is 0.145. The number of carbonyl (C=O) groups is 2. The number of carbonyl (C=O) groups excluding carboxylic acids is 2. The van der Waals surface area contributed by atoms with E-state index in [1.807, 2.05) is 30.3 Å². The number of ether oxygens (including phenoxy) is 1. The largest absolute Gasteiger partial charge is 0.468 e. The van der Waals surface area contributed by atoms with E-state index in [4.69, 9.17) is 4.74 Å². The number of non-ortho nitro benzene ring substituents is 1. The molecule has 1 saturated heterocycles. The first-order valence-corrected chi connectivity index (χ1v) is 10.4. The molecule has 0 bridgehead atoms. The normalized spacial score (nSPS) is 17.0. The van der Waals surface area contributed by atoms with Crippen LogP contribution in [0.2, 0.25) is 0 Å². The van der Waals surface area contributed by atoms with Crippen molar-refractivity contribution >= 4 is 17.6 Å². The van der Waals surface area contributed by atoms with E-state index in [1.165, 1.54) is 30.2 Å². The van der Waals surface area contributed by atoms with Crippen molar-refractivity contribution in [3.63, 3.8) is 0 Å². The first kappa shape index (κ1) is 23.4. The summed E-state index contributed by atoms with van der Waals surface area (Å²) in [5.74, 6) is -0.899. The van der Waals surface area contributed by atoms with Gasteiger partial charge in [-0.1, -0.05) is 42.5 Å². The lowest BCUT2D eigenvalue weighted by Crippen LogP contribution is -2.44. The molecule has 2 atom stereocenters. The van der Waals surface area contributed by atoms with Gasteiger partial charge in [0, 0.05) is 31.8 Å². The Hall–Kier alpha value is -3.30. The smallest absolute Gasteiger partial charge is 0.325 e. The summed E-state index contributed by atoms with van der Waals surface area (Å²) in [4.78, 5) is 39.7. The highest BCUT2D eigenvalue weighted by atomic mass is 16.6. The highest BCUT2D eigenvalue weighted by molar-refractivity contribution is 5.84. The van der Waals surface area contributed by atoms with E-state index in [2.05, 4.69) is 4.90 Å². The van der Waals surface area contributed by atoms with Gasteiger partial charge in [-0.2, -0.15) is 0 Å². The average Bonchev–Trinajstić information content (AvgIpc) is 3.21. The number of nitro groups is 1. The zero-order valence-electron chi connectivity index (χ0n) is 17.9. The van der Waals surface area contributed by atoms with Crippen molar-refractivity contribution in [1.82, 2.24) is 9.80 Å². The second-order valence-corrected chi connectivity index (χ2v) is 7.83. The van der Waals surface area contributed by atoms with E-state index in [9.17, 15) is 24.8 Å². The first-order chi connectivity index (χ1) is 15.4. The number of aliphatic hydroxyl groups is 1. The van der Waals surface area contributed by atoms with E-state index in [1.54, 1.807) is 6.07 Å². The second kappa shape index (κ2) is 10.8. The van der Waals surface area contributed by atoms with Crippen molar-refractivity contribution in [3.8, 4) is 0 Å². The summed E-state index contributed by atoms with van der Waals surface area (Å²) < 4.78 is 4.83. The number of esters is 1. The maximum atomic E-state index is 13.4. The summed E-state index contributed by atoms with van der Waals surface area (Å²) >= 11 is 0. The van der Waals surface area contributed by atoms with Crippen molar-refractivity contribution in [1.29, 1.82) is 0 Å². The molecule has 0 unspecified atom stereocenters. The number of amides is 1. The number of nitro benzene ring substituents is 1. The lowest BCUT2D eigenvalue weighted by Gasteiger charge is -2.34. The van der Waals surface area contributed by atoms with Crippen molar-refractivity contribution < 1.29 is 24.4 Å². The van der Waals surface area contributed by atoms with Crippen LogP contribution in [-0.2, 0) is 20.7 Å². The average molecular weight is 441 g/mol. The maximum absolute atomic E-state index is 13.4. The van der Waals surface area contributed by atoms with E-state index >= 15 is 0 Å². The molecule has 1 aliphatic heterocycles. The van der Waals surface area contributed by atoms with Gasteiger partial charge < -0.3 is 14.7 Å². The molecule has 1 heterocycles. The summed E-state index contributed by atoms with van der Waals surface area (Å²) in [6, 6.07) is 14.8. The number of nitrogens with zero attached hydrogens (tertiary/aromatic N) is 3. The number of aliphatic hydroxyl groups excluding tert-OH is 1. The van der Waals surface area contributed by atoms with E-state index < -0.39 is 23.0 Å². The minimum atomic E-state index is -0.556. The number of benzene rings is 2. The van der Waals surface area contributed by atoms with Crippen LogP contribution < -0.4 is 0 Å². The molecule has 1 aliphatic rings. The molecule has 0 saturated carbocycles. The van der Waals surface area contributed by atoms with Crippen LogP contribution in [0.3, 0.4) is 0 Å². The standard InChI is InChI=1S/C23H27N3O6/c1-32-23(29)16-25(22(28)13-17-6-5-9-19(12-17)26(30)31)21(18-7-3-2-4-8-18)15-24-11-10-20(27)14-24/h2-9,12,20-21,27H,10-11,13-16H2,1H3/t20-,21+/m0/s1. The van der Waals surface area contributed by atoms with Gasteiger partial charge in [-0.05, 0) is 17.5 Å². The van der Waals surface area contributed by atoms with Crippen molar-refractivity contribution in [2.24, 2.45) is 0 Å². The Kier molecular flexibility index (Phi) is 7.91. The predicted octanol–water partition coefficient (Wildman–Crippen LogP) is 1.95. The van der Waals surface area contributed by atoms with Crippen LogP contribution in [0.15, 0.2) is 54.6 Å². The van der Waals surface area contributed by atoms with Gasteiger partial charge in [0.05, 0.1) is 30.6 Å². The van der Waals surface area contributed by atoms with Gasteiger partial charge >= 0.3 is 5.97 Å². The fraction of sp³-hybridized carbons (Fsp3) is 0.391. The summed E-state index contributed by atoms with van der Waals surface area (Å²) in [5, 5.41) is 21.0. The minimum Gasteiger partial charge on any atom is -0.468 e. The monoisotopic (exact) mass is 441 g/mol. The number of hydrogen-bond donors (Lipinski definition) is 1. The molecule has 0 spiro atoms. The van der Waals surface area contributed by atoms with E-state index in [0.29, 0.717) is 31.6 Å². The molecule has 0 aliphatic carbocycles. The maximum Gasteiger partial charge on any atom is 0.325 e. The third-order valence-electron chi connectivity index (χ3n) is 5.56. The fourth-order valence-electron chi connectivity index (χ4n) is 3.91. The van der Waals surface area contributed by atoms with Gasteiger partial charge in [-0.25, -0.2) is 0 Å². The van der Waals surface area contributed by atoms with E-state index in [-0.39, 0.29) is 24.6 Å². The van der Waals surface area contributed by atoms with Gasteiger partial charge in [0.2, 0.25) is 5.91 Å². The highest BCUT2D eigenvalue weighted by Gasteiger charge is 2.31. The molecule has 9 nitrogen and oxygen atoms in total. The molecular weight excluding hydrogens is 414 g/mol. The Morgan fingerprint density at radius 2 is 2.00 bits per heavy atom. The highest BCUT2D eigenvalue weighted by Crippen LogP contribution is 2.25. The molecule has 9 heteroatoms. The van der Waals surface area contributed by atoms with Gasteiger partial charge in [-0.15, -0.1) is 0 Å². The molecule has 2 aromatic rings. The van der Waals surface area contributed by atoms with Crippen LogP contribution in [-0.4, -0.2) is 71.1 Å². The Morgan fingerprint density at radius 1 is 1.25 bits per heavy atom. The molecule has 0 aromatic heterocycles. The van der Waals surface area contributed by atoms with Crippen LogP contribution in [0.1, 0.15) is 23.6 Å². The van der Waals surface area contributed by atoms with Crippen molar-refractivity contribution in [2.75, 3.05) is 33.3 Å². The quantitative estimate of drug-likeness (QED) is 0.359. The molecule has 32 heavy (non-hydrogen) atoms. The van der Waals surface area contributed by atoms with Gasteiger partial charge in [-0.3, -0.25) is 24.6 Å². The molecule has 1 N–H and O–H groups in total. The Labute approximate surface area is 186 Å². The molecule has 2 aromatic carbocycles. The lowest BCUT2D eigenvalue weighted by molar-refractivity contribution is -0.384. The summed E-state index contributed by atoms with van der Waals surface area (Å²) in [6.45, 7) is 1.38. The predicted molar refractivity (Wildman–Crippen MR) is 117 cm³/mol. The molecule has 1 amide bonds. The van der Waals surface area contributed by atoms with Crippen LogP contribution in [0.25, 0.3) is 0 Å². The number of β-amino-alcohol motifs (C(OH)–C–C–N with tert-alkyl or cyclic N) is 1. The Bertz CT molecular complexity index is 952. The van der Waals surface area contributed by atoms with Crippen LogP contribution in [0.5, 0.6) is 0 Å². The molecule has 3 rings (SSSR count). The molecular formula is C23H27N3O6. The summed E-state index contributed by atoms with van der Waals surface area (Å²) in [5.41, 5.74) is 1.24. The topological polar surface area (TPSA) is 113 Å². The van der Waals surface area contributed by atoms with Gasteiger partial charge in [0.1, 0.15) is 6.54 Å². The van der Waals surface area contributed by atoms with Gasteiger partial charge in [0.25, 0.3) is 5.69 Å². The van der Waals surface area contributed by atoms with Gasteiger partial charge in [0.15, 0.2) is 0 Å². The number of hydrogen-bond acceptors (Lipinski definition) is 7. The lowest BCUT2D eigenvalue weighted by atomic mass is 10.0. The van der Waals surface area contributed by atoms with E-state index in [0.717, 1.165) is 5.56 Å². The minimum absolute atomic E-state index is 0.0926. The van der Waals surface area contributed by atoms with Crippen molar-refractivity contribution in [2.45, 2.75) is 25.0 Å². The first-order valence-electron chi connectivity index (χ1n) is 10.4. The number of likely N-dealkylation sites (tertiary alicyclic amines) is 1. The number of rotatable bonds is 9. The second-order valence-electron chi connectivity index (χ2n) is 7.83. The van der Waals surface area contributed by atoms with Crippen LogP contribution in [0, 0.1) is 10.1 Å². The van der Waals surface area contributed by atoms with Crippen molar-refractivity contribution in [3.05, 3.63) is 75.8 Å².